The van der Waals surface area contributed by atoms with Gasteiger partial charge >= 0.3 is 24.3 Å². The third kappa shape index (κ3) is 7.24. The van der Waals surface area contributed by atoms with Gasteiger partial charge in [0.15, 0.2) is 11.5 Å². The second kappa shape index (κ2) is 11.5. The fraction of sp³-hybridized carbons (Fsp3) is 0.0833. The van der Waals surface area contributed by atoms with Crippen molar-refractivity contribution < 1.29 is 46.1 Å². The first-order valence-corrected chi connectivity index (χ1v) is 10.5. The van der Waals surface area contributed by atoms with Crippen LogP contribution in [0.5, 0.6) is 0 Å². The maximum Gasteiger partial charge on any atom is 0.490 e. The summed E-state index contributed by atoms with van der Waals surface area (Å²) in [7, 11) is 0. The number of aliphatic carboxylic acids is 2. The molecule has 0 radical (unpaired) electrons. The highest BCUT2D eigenvalue weighted by Gasteiger charge is 2.38. The van der Waals surface area contributed by atoms with E-state index in [1.54, 1.807) is 6.20 Å². The predicted molar refractivity (Wildman–Crippen MR) is 124 cm³/mol. The van der Waals surface area contributed by atoms with Gasteiger partial charge in [-0.3, -0.25) is 14.4 Å². The summed E-state index contributed by atoms with van der Waals surface area (Å²) < 4.78 is 65.5. The number of hydrogen-bond donors (Lipinski definition) is 2. The van der Waals surface area contributed by atoms with Crippen LogP contribution in [0, 0.1) is 0 Å². The van der Waals surface area contributed by atoms with Crippen LogP contribution in [-0.2, 0) is 9.59 Å². The van der Waals surface area contributed by atoms with Crippen molar-refractivity contribution in [2.75, 3.05) is 0 Å². The maximum atomic E-state index is 10.6. The van der Waals surface area contributed by atoms with Gasteiger partial charge in [-0.15, -0.1) is 10.2 Å². The Bertz CT molecular complexity index is 1570. The molecule has 0 amide bonds. The molecule has 0 fully saturated rings. The molecule has 9 nitrogen and oxygen atoms in total. The maximum absolute atomic E-state index is 10.6. The van der Waals surface area contributed by atoms with Crippen LogP contribution in [0.3, 0.4) is 0 Å². The molecule has 0 unspecified atom stereocenters. The highest BCUT2D eigenvalue weighted by atomic mass is 19.4. The third-order valence-electron chi connectivity index (χ3n) is 4.78. The van der Waals surface area contributed by atoms with Gasteiger partial charge in [0.2, 0.25) is 0 Å². The summed E-state index contributed by atoms with van der Waals surface area (Å²) in [5.41, 5.74) is 4.90. The van der Waals surface area contributed by atoms with Crippen LogP contribution >= 0.6 is 0 Å². The fourth-order valence-corrected chi connectivity index (χ4v) is 3.08. The molecule has 0 aliphatic rings. The largest absolute Gasteiger partial charge is 0.490 e. The second-order valence-corrected chi connectivity index (χ2v) is 7.39. The van der Waals surface area contributed by atoms with Crippen LogP contribution < -0.4 is 0 Å². The van der Waals surface area contributed by atoms with Gasteiger partial charge in [0.25, 0.3) is 0 Å². The topological polar surface area (TPSA) is 131 Å². The van der Waals surface area contributed by atoms with Gasteiger partial charge in [-0.05, 0) is 35.9 Å². The Morgan fingerprint density at radius 2 is 1.41 bits per heavy atom. The highest BCUT2D eigenvalue weighted by Crippen LogP contribution is 2.28. The zero-order valence-corrected chi connectivity index (χ0v) is 19.2. The number of carboxylic acids is 2. The first-order chi connectivity index (χ1) is 18.3. The molecule has 0 saturated carbocycles. The van der Waals surface area contributed by atoms with Gasteiger partial charge in [-0.2, -0.15) is 26.3 Å². The monoisotopic (exact) mass is 551 g/mol. The number of aromatic nitrogens is 5. The molecule has 5 aromatic rings. The molecule has 4 aromatic heterocycles. The van der Waals surface area contributed by atoms with Gasteiger partial charge in [-0.1, -0.05) is 24.3 Å². The van der Waals surface area contributed by atoms with E-state index in [2.05, 4.69) is 32.3 Å². The highest BCUT2D eigenvalue weighted by molar-refractivity contribution is 5.92. The van der Waals surface area contributed by atoms with E-state index in [0.29, 0.717) is 0 Å². The molecule has 39 heavy (non-hydrogen) atoms. The molecule has 0 aliphatic carbocycles. The molecular weight excluding hydrogens is 536 g/mol. The van der Waals surface area contributed by atoms with Gasteiger partial charge in [0, 0.05) is 41.3 Å². The average molecular weight is 551 g/mol. The number of carbonyl (C=O) groups is 2. The minimum absolute atomic E-state index is 0.803. The minimum Gasteiger partial charge on any atom is -0.475 e. The molecule has 4 heterocycles. The number of fused-ring (bicyclic) bond motifs is 2. The van der Waals surface area contributed by atoms with Crippen molar-refractivity contribution in [3.05, 3.63) is 79.4 Å². The summed E-state index contributed by atoms with van der Waals surface area (Å²) in [6.07, 6.45) is -2.74. The van der Waals surface area contributed by atoms with Gasteiger partial charge in [0.1, 0.15) is 0 Å². The van der Waals surface area contributed by atoms with Crippen molar-refractivity contribution in [1.29, 1.82) is 0 Å². The van der Waals surface area contributed by atoms with Crippen LogP contribution in [0.4, 0.5) is 26.3 Å². The number of carboxylic acid groups (broad SMARTS) is 2. The number of halogens is 6. The number of pyridine rings is 3. The van der Waals surface area contributed by atoms with Gasteiger partial charge in [-0.25, -0.2) is 9.59 Å². The van der Waals surface area contributed by atoms with Crippen LogP contribution in [0.15, 0.2) is 79.4 Å². The summed E-state index contributed by atoms with van der Waals surface area (Å²) in [6.45, 7) is 0. The van der Waals surface area contributed by atoms with E-state index in [-0.39, 0.29) is 0 Å². The second-order valence-electron chi connectivity index (χ2n) is 7.39. The number of para-hydroxylation sites is 1. The van der Waals surface area contributed by atoms with Crippen LogP contribution in [0.1, 0.15) is 0 Å². The molecule has 1 aromatic carbocycles. The van der Waals surface area contributed by atoms with E-state index in [9.17, 15) is 26.3 Å². The van der Waals surface area contributed by atoms with Crippen LogP contribution in [-0.4, -0.2) is 59.1 Å². The number of hydrogen-bond acceptors (Lipinski definition) is 6. The first-order valence-electron chi connectivity index (χ1n) is 10.5. The third-order valence-corrected chi connectivity index (χ3v) is 4.78. The fourth-order valence-electron chi connectivity index (χ4n) is 3.08. The number of nitrogens with zero attached hydrogens (tertiary/aromatic N) is 5. The molecule has 0 aliphatic heterocycles. The summed E-state index contributed by atoms with van der Waals surface area (Å²) in [4.78, 5) is 26.4. The molecule has 2 N–H and O–H groups in total. The Kier molecular flexibility index (Phi) is 8.43. The Balaban J connectivity index is 0.000000251. The van der Waals surface area contributed by atoms with Gasteiger partial charge in [0.05, 0.1) is 5.52 Å². The molecule has 202 valence electrons. The van der Waals surface area contributed by atoms with E-state index in [1.165, 1.54) is 0 Å². The quantitative estimate of drug-likeness (QED) is 0.284. The lowest BCUT2D eigenvalue weighted by Gasteiger charge is -2.05. The van der Waals surface area contributed by atoms with E-state index in [4.69, 9.17) is 19.8 Å². The Morgan fingerprint density at radius 3 is 2.00 bits per heavy atom. The van der Waals surface area contributed by atoms with Crippen molar-refractivity contribution in [3.63, 3.8) is 0 Å². The van der Waals surface area contributed by atoms with Crippen molar-refractivity contribution in [2.24, 2.45) is 0 Å². The first kappa shape index (κ1) is 28.5. The lowest BCUT2D eigenvalue weighted by atomic mass is 10.1. The van der Waals surface area contributed by atoms with Crippen LogP contribution in [0.25, 0.3) is 39.1 Å². The molecule has 0 spiro atoms. The minimum atomic E-state index is -5.08. The molecule has 0 atom stereocenters. The van der Waals surface area contributed by atoms with Gasteiger partial charge < -0.3 is 10.2 Å². The number of alkyl halides is 6. The molecule has 15 heteroatoms. The zero-order chi connectivity index (χ0) is 28.8. The van der Waals surface area contributed by atoms with Crippen molar-refractivity contribution in [1.82, 2.24) is 24.6 Å². The standard InChI is InChI=1S/C20H13N5.2C2HF3O2/c1-2-6-18-16(5-1)17(7-10-22-18)20-24-23-19-12-14(8-11-25(19)20)15-4-3-9-21-13-15;2*3-2(4,5)1(6)7/h1-13H;2*(H,6,7). The SMILES string of the molecule is O=C(O)C(F)(F)F.O=C(O)C(F)(F)F.c1cncc(-c2ccn3c(-c4ccnc5ccccc45)nnc3c2)c1. The molecule has 0 saturated heterocycles. The predicted octanol–water partition coefficient (Wildman–Crippen LogP) is 5.27. The van der Waals surface area contributed by atoms with Crippen molar-refractivity contribution in [3.8, 4) is 22.5 Å². The molecule has 5 rings (SSSR count). The smallest absolute Gasteiger partial charge is 0.475 e. The Hall–Kier alpha value is -5.08. The Morgan fingerprint density at radius 1 is 0.769 bits per heavy atom. The van der Waals surface area contributed by atoms with E-state index in [0.717, 1.165) is 39.1 Å². The molecular formula is C24H15F6N5O4. The van der Waals surface area contributed by atoms with Crippen molar-refractivity contribution in [2.45, 2.75) is 12.4 Å². The number of benzene rings is 1. The summed E-state index contributed by atoms with van der Waals surface area (Å²) in [6, 6.07) is 18.1. The zero-order valence-electron chi connectivity index (χ0n) is 19.2. The van der Waals surface area contributed by atoms with Crippen molar-refractivity contribution >= 4 is 28.5 Å². The van der Waals surface area contributed by atoms with E-state index >= 15 is 0 Å². The number of rotatable bonds is 2. The molecule has 0 bridgehead atoms. The summed E-state index contributed by atoms with van der Waals surface area (Å²) in [5.74, 6) is -4.70. The van der Waals surface area contributed by atoms with E-state index < -0.39 is 24.3 Å². The van der Waals surface area contributed by atoms with Crippen LogP contribution in [0.2, 0.25) is 0 Å². The normalized spacial score (nSPS) is 11.2. The summed E-state index contributed by atoms with van der Waals surface area (Å²) in [5, 5.41) is 24.1. The lowest BCUT2D eigenvalue weighted by Crippen LogP contribution is -2.21. The Labute approximate surface area is 214 Å². The van der Waals surface area contributed by atoms with E-state index in [1.807, 2.05) is 65.5 Å². The summed E-state index contributed by atoms with van der Waals surface area (Å²) >= 11 is 0. The lowest BCUT2D eigenvalue weighted by molar-refractivity contribution is -0.193. The average Bonchev–Trinajstić information content (AvgIpc) is 3.31.